The second-order valence-corrected chi connectivity index (χ2v) is 3.08. The smallest absolute Gasteiger partial charge is 0.295 e. The maximum Gasteiger partial charge on any atom is 0.423 e. The fourth-order valence-corrected chi connectivity index (χ4v) is 1.08. The Kier molecular flexibility index (Phi) is 3.12. The lowest BCUT2D eigenvalue weighted by molar-refractivity contribution is -0.182. The summed E-state index contributed by atoms with van der Waals surface area (Å²) in [6.45, 7) is 1.28. The van der Waals surface area contributed by atoms with Crippen LogP contribution >= 0.6 is 0 Å². The van der Waals surface area contributed by atoms with E-state index in [2.05, 4.69) is 0 Å². The van der Waals surface area contributed by atoms with Gasteiger partial charge in [-0.3, -0.25) is 4.79 Å². The van der Waals surface area contributed by atoms with Crippen LogP contribution in [0.4, 0.5) is 17.6 Å². The van der Waals surface area contributed by atoms with Crippen molar-refractivity contribution in [3.05, 3.63) is 35.4 Å². The SMILES string of the molecule is CC(=O)c1ccc(C(F)C(F)(F)F)cc1. The summed E-state index contributed by atoms with van der Waals surface area (Å²) in [6.07, 6.45) is -7.91. The van der Waals surface area contributed by atoms with Crippen molar-refractivity contribution in [3.8, 4) is 0 Å². The fourth-order valence-electron chi connectivity index (χ4n) is 1.08. The Bertz CT molecular complexity index is 353. The zero-order valence-electron chi connectivity index (χ0n) is 7.81. The van der Waals surface area contributed by atoms with E-state index < -0.39 is 17.9 Å². The van der Waals surface area contributed by atoms with E-state index in [0.29, 0.717) is 0 Å². The van der Waals surface area contributed by atoms with Gasteiger partial charge in [-0.25, -0.2) is 4.39 Å². The van der Waals surface area contributed by atoms with E-state index in [1.807, 2.05) is 0 Å². The molecule has 0 spiro atoms. The third kappa shape index (κ3) is 2.78. The Morgan fingerprint density at radius 1 is 1.20 bits per heavy atom. The Labute approximate surface area is 83.7 Å². The van der Waals surface area contributed by atoms with Crippen LogP contribution in [0.5, 0.6) is 0 Å². The molecular formula is C10H8F4O. The maximum absolute atomic E-state index is 12.8. The Morgan fingerprint density at radius 3 is 2.00 bits per heavy atom. The molecule has 1 aromatic rings. The number of carbonyl (C=O) groups excluding carboxylic acids is 1. The van der Waals surface area contributed by atoms with Gasteiger partial charge in [0, 0.05) is 5.56 Å². The van der Waals surface area contributed by atoms with Gasteiger partial charge in [-0.05, 0) is 12.5 Å². The van der Waals surface area contributed by atoms with Gasteiger partial charge >= 0.3 is 6.18 Å². The number of carbonyl (C=O) groups is 1. The van der Waals surface area contributed by atoms with Crippen LogP contribution in [0.3, 0.4) is 0 Å². The topological polar surface area (TPSA) is 17.1 Å². The molecule has 0 aliphatic rings. The Hall–Kier alpha value is -1.39. The van der Waals surface area contributed by atoms with Gasteiger partial charge in [-0.15, -0.1) is 0 Å². The van der Waals surface area contributed by atoms with E-state index >= 15 is 0 Å². The van der Waals surface area contributed by atoms with Crippen molar-refractivity contribution in [2.45, 2.75) is 19.3 Å². The molecule has 82 valence electrons. The number of hydrogen-bond acceptors (Lipinski definition) is 1. The molecule has 0 fully saturated rings. The van der Waals surface area contributed by atoms with Crippen LogP contribution in [-0.4, -0.2) is 12.0 Å². The highest BCUT2D eigenvalue weighted by molar-refractivity contribution is 5.94. The van der Waals surface area contributed by atoms with Crippen LogP contribution in [-0.2, 0) is 0 Å². The van der Waals surface area contributed by atoms with Gasteiger partial charge in [0.1, 0.15) is 0 Å². The highest BCUT2D eigenvalue weighted by Gasteiger charge is 2.41. The third-order valence-electron chi connectivity index (χ3n) is 1.90. The van der Waals surface area contributed by atoms with Gasteiger partial charge in [0.05, 0.1) is 0 Å². The van der Waals surface area contributed by atoms with E-state index in [1.54, 1.807) is 0 Å². The molecule has 15 heavy (non-hydrogen) atoms. The number of halogens is 4. The minimum Gasteiger partial charge on any atom is -0.295 e. The molecule has 5 heteroatoms. The third-order valence-corrected chi connectivity index (χ3v) is 1.90. The van der Waals surface area contributed by atoms with Crippen molar-refractivity contribution in [3.63, 3.8) is 0 Å². The molecule has 0 aromatic heterocycles. The summed E-state index contributed by atoms with van der Waals surface area (Å²) in [5, 5.41) is 0. The average molecular weight is 220 g/mol. The minimum atomic E-state index is -4.91. The lowest BCUT2D eigenvalue weighted by atomic mass is 10.1. The van der Waals surface area contributed by atoms with Gasteiger partial charge in [0.25, 0.3) is 0 Å². The lowest BCUT2D eigenvalue weighted by Crippen LogP contribution is -2.16. The largest absolute Gasteiger partial charge is 0.423 e. The van der Waals surface area contributed by atoms with Crippen LogP contribution in [0.1, 0.15) is 29.0 Å². The number of rotatable bonds is 2. The summed E-state index contributed by atoms with van der Waals surface area (Å²) in [4.78, 5) is 10.8. The molecule has 0 saturated heterocycles. The molecule has 1 rings (SSSR count). The molecule has 0 radical (unpaired) electrons. The van der Waals surface area contributed by atoms with E-state index in [0.717, 1.165) is 12.1 Å². The summed E-state index contributed by atoms with van der Waals surface area (Å²) < 4.78 is 48.6. The van der Waals surface area contributed by atoms with Crippen LogP contribution in [0.2, 0.25) is 0 Å². The molecule has 1 unspecified atom stereocenters. The Balaban J connectivity index is 2.94. The number of benzene rings is 1. The molecule has 0 bridgehead atoms. The summed E-state index contributed by atoms with van der Waals surface area (Å²) >= 11 is 0. The van der Waals surface area contributed by atoms with Crippen molar-refractivity contribution in [1.29, 1.82) is 0 Å². The molecule has 0 aliphatic carbocycles. The molecule has 1 nitrogen and oxygen atoms in total. The first-order valence-electron chi connectivity index (χ1n) is 4.14. The van der Waals surface area contributed by atoms with E-state index in [4.69, 9.17) is 0 Å². The minimum absolute atomic E-state index is 0.258. The average Bonchev–Trinajstić information content (AvgIpc) is 2.15. The standard InChI is InChI=1S/C10H8F4O/c1-6(15)7-2-4-8(5-3-7)9(11)10(12,13)14/h2-5,9H,1H3. The normalized spacial score (nSPS) is 13.7. The molecule has 1 aromatic carbocycles. The van der Waals surface area contributed by atoms with Crippen molar-refractivity contribution in [1.82, 2.24) is 0 Å². The molecule has 0 aliphatic heterocycles. The molecule has 0 N–H and O–H groups in total. The highest BCUT2D eigenvalue weighted by Crippen LogP contribution is 2.35. The van der Waals surface area contributed by atoms with Gasteiger partial charge in [-0.2, -0.15) is 13.2 Å². The predicted molar refractivity (Wildman–Crippen MR) is 46.4 cm³/mol. The van der Waals surface area contributed by atoms with Crippen LogP contribution in [0.15, 0.2) is 24.3 Å². The van der Waals surface area contributed by atoms with Crippen molar-refractivity contribution < 1.29 is 22.4 Å². The van der Waals surface area contributed by atoms with Gasteiger partial charge in [-0.1, -0.05) is 24.3 Å². The zero-order valence-corrected chi connectivity index (χ0v) is 7.81. The number of alkyl halides is 4. The van der Waals surface area contributed by atoms with Crippen LogP contribution < -0.4 is 0 Å². The van der Waals surface area contributed by atoms with Crippen molar-refractivity contribution in [2.75, 3.05) is 0 Å². The lowest BCUT2D eigenvalue weighted by Gasteiger charge is -2.12. The molecular weight excluding hydrogens is 212 g/mol. The first-order valence-corrected chi connectivity index (χ1v) is 4.14. The van der Waals surface area contributed by atoms with E-state index in [9.17, 15) is 22.4 Å². The van der Waals surface area contributed by atoms with Crippen molar-refractivity contribution in [2.24, 2.45) is 0 Å². The van der Waals surface area contributed by atoms with Gasteiger partial charge in [0.2, 0.25) is 6.17 Å². The molecule has 1 atom stereocenters. The first kappa shape index (κ1) is 11.7. The first-order chi connectivity index (χ1) is 6.82. The quantitative estimate of drug-likeness (QED) is 0.551. The summed E-state index contributed by atoms with van der Waals surface area (Å²) in [5.41, 5.74) is -0.236. The fraction of sp³-hybridized carbons (Fsp3) is 0.300. The number of Topliss-reactive ketones (excluding diaryl/α,β-unsaturated/α-hetero) is 1. The van der Waals surface area contributed by atoms with Crippen LogP contribution in [0, 0.1) is 0 Å². The summed E-state index contributed by atoms with van der Waals surface area (Å²) in [6, 6.07) is 4.29. The van der Waals surface area contributed by atoms with Gasteiger partial charge in [0.15, 0.2) is 5.78 Å². The molecule has 0 amide bonds. The predicted octanol–water partition coefficient (Wildman–Crippen LogP) is 3.46. The monoisotopic (exact) mass is 220 g/mol. The number of hydrogen-bond donors (Lipinski definition) is 0. The molecule has 0 heterocycles. The Morgan fingerprint density at radius 2 is 1.67 bits per heavy atom. The van der Waals surface area contributed by atoms with E-state index in [-0.39, 0.29) is 11.3 Å². The number of ketones is 1. The second kappa shape index (κ2) is 4.00. The zero-order chi connectivity index (χ0) is 11.6. The second-order valence-electron chi connectivity index (χ2n) is 3.08. The highest BCUT2D eigenvalue weighted by atomic mass is 19.4. The van der Waals surface area contributed by atoms with Crippen molar-refractivity contribution >= 4 is 5.78 Å². The van der Waals surface area contributed by atoms with Gasteiger partial charge < -0.3 is 0 Å². The summed E-state index contributed by atoms with van der Waals surface area (Å²) in [7, 11) is 0. The maximum atomic E-state index is 12.8. The summed E-state index contributed by atoms with van der Waals surface area (Å²) in [5.74, 6) is -0.274. The molecule has 0 saturated carbocycles. The van der Waals surface area contributed by atoms with E-state index in [1.165, 1.54) is 19.1 Å². The van der Waals surface area contributed by atoms with Crippen LogP contribution in [0.25, 0.3) is 0 Å².